The zero-order chi connectivity index (χ0) is 20.1. The molecule has 0 spiro atoms. The van der Waals surface area contributed by atoms with Crippen LogP contribution in [-0.4, -0.2) is 28.7 Å². The Morgan fingerprint density at radius 2 is 2.00 bits per heavy atom. The van der Waals surface area contributed by atoms with Crippen molar-refractivity contribution in [2.75, 3.05) is 18.2 Å². The maximum Gasteiger partial charge on any atom is 0.433 e. The third-order valence-corrected chi connectivity index (χ3v) is 4.33. The fraction of sp³-hybridized carbons (Fsp3) is 0.167. The van der Waals surface area contributed by atoms with Gasteiger partial charge in [0.05, 0.1) is 24.8 Å². The van der Waals surface area contributed by atoms with Crippen molar-refractivity contribution < 1.29 is 27.1 Å². The number of carbonyl (C=O) groups is 1. The van der Waals surface area contributed by atoms with Crippen LogP contribution in [0.1, 0.15) is 5.69 Å². The van der Waals surface area contributed by atoms with Crippen molar-refractivity contribution in [1.29, 1.82) is 0 Å². The Morgan fingerprint density at radius 3 is 2.68 bits per heavy atom. The highest BCUT2D eigenvalue weighted by Crippen LogP contribution is 2.32. The summed E-state index contributed by atoms with van der Waals surface area (Å²) in [6.45, 7) is 0. The molecule has 1 aromatic carbocycles. The third kappa shape index (κ3) is 4.83. The van der Waals surface area contributed by atoms with E-state index in [-0.39, 0.29) is 22.4 Å². The number of anilines is 1. The van der Waals surface area contributed by atoms with Gasteiger partial charge in [0.1, 0.15) is 17.1 Å². The molecule has 0 bridgehead atoms. The average molecular weight is 409 g/mol. The number of aromatic nitrogens is 2. The molecule has 10 heteroatoms. The molecule has 0 aliphatic carbocycles. The first-order chi connectivity index (χ1) is 13.4. The number of nitrogens with zero attached hydrogens (tertiary/aromatic N) is 2. The quantitative estimate of drug-likeness (QED) is 0.477. The number of methoxy groups -OCH3 is 1. The third-order valence-electron chi connectivity index (χ3n) is 3.48. The van der Waals surface area contributed by atoms with Crippen molar-refractivity contribution in [2.24, 2.45) is 0 Å². The second kappa shape index (κ2) is 8.34. The summed E-state index contributed by atoms with van der Waals surface area (Å²) in [5.74, 6) is 0.0243. The van der Waals surface area contributed by atoms with Gasteiger partial charge >= 0.3 is 6.18 Å². The predicted octanol–water partition coefficient (Wildman–Crippen LogP) is 4.49. The van der Waals surface area contributed by atoms with Crippen LogP contribution >= 0.6 is 11.8 Å². The van der Waals surface area contributed by atoms with Crippen molar-refractivity contribution in [3.05, 3.63) is 54.4 Å². The van der Waals surface area contributed by atoms with Gasteiger partial charge in [0.2, 0.25) is 5.91 Å². The minimum Gasteiger partial charge on any atom is -0.495 e. The number of carbonyl (C=O) groups excluding carboxylic acids is 1. The molecule has 3 aromatic rings. The first kappa shape index (κ1) is 19.7. The average Bonchev–Trinajstić information content (AvgIpc) is 3.21. The van der Waals surface area contributed by atoms with Crippen molar-refractivity contribution in [2.45, 2.75) is 11.3 Å². The van der Waals surface area contributed by atoms with E-state index in [1.54, 1.807) is 24.3 Å². The molecule has 6 nitrogen and oxygen atoms in total. The van der Waals surface area contributed by atoms with Gasteiger partial charge < -0.3 is 14.5 Å². The molecule has 3 rings (SSSR count). The molecule has 0 aliphatic heterocycles. The topological polar surface area (TPSA) is 77.2 Å². The summed E-state index contributed by atoms with van der Waals surface area (Å²) < 4.78 is 49.7. The fourth-order valence-corrected chi connectivity index (χ4v) is 2.91. The fourth-order valence-electron chi connectivity index (χ4n) is 2.25. The van der Waals surface area contributed by atoms with Crippen molar-refractivity contribution >= 4 is 23.4 Å². The van der Waals surface area contributed by atoms with Crippen molar-refractivity contribution in [3.8, 4) is 17.2 Å². The van der Waals surface area contributed by atoms with Gasteiger partial charge in [-0.1, -0.05) is 23.9 Å². The zero-order valence-electron chi connectivity index (χ0n) is 14.5. The van der Waals surface area contributed by atoms with E-state index in [0.717, 1.165) is 17.8 Å². The molecular weight excluding hydrogens is 395 g/mol. The van der Waals surface area contributed by atoms with E-state index in [0.29, 0.717) is 11.4 Å². The van der Waals surface area contributed by atoms with Gasteiger partial charge in [-0.3, -0.25) is 4.79 Å². The number of furan rings is 1. The number of benzene rings is 1. The zero-order valence-corrected chi connectivity index (χ0v) is 15.3. The minimum atomic E-state index is -4.65. The Bertz CT molecular complexity index is 962. The Kier molecular flexibility index (Phi) is 5.88. The van der Waals surface area contributed by atoms with Crippen LogP contribution in [0.2, 0.25) is 0 Å². The number of hydrogen-bond donors (Lipinski definition) is 1. The van der Waals surface area contributed by atoms with Crippen LogP contribution in [-0.2, 0) is 11.0 Å². The van der Waals surface area contributed by atoms with Crippen LogP contribution < -0.4 is 10.1 Å². The highest BCUT2D eigenvalue weighted by molar-refractivity contribution is 7.99. The summed E-state index contributed by atoms with van der Waals surface area (Å²) in [6, 6.07) is 10.6. The maximum atomic E-state index is 13.1. The van der Waals surface area contributed by atoms with Crippen LogP contribution in [0, 0.1) is 0 Å². The van der Waals surface area contributed by atoms with Gasteiger partial charge in [-0.05, 0) is 30.3 Å². The molecule has 0 atom stereocenters. The van der Waals surface area contributed by atoms with Gasteiger partial charge in [-0.15, -0.1) is 0 Å². The van der Waals surface area contributed by atoms with Crippen LogP contribution in [0.3, 0.4) is 0 Å². The molecule has 0 saturated heterocycles. The summed E-state index contributed by atoms with van der Waals surface area (Å²) in [4.78, 5) is 19.7. The summed E-state index contributed by atoms with van der Waals surface area (Å²) in [7, 11) is 1.46. The smallest absolute Gasteiger partial charge is 0.433 e. The van der Waals surface area contributed by atoms with Gasteiger partial charge in [-0.25, -0.2) is 9.97 Å². The summed E-state index contributed by atoms with van der Waals surface area (Å²) >= 11 is 0.786. The normalized spacial score (nSPS) is 11.3. The Labute approximate surface area is 162 Å². The lowest BCUT2D eigenvalue weighted by Crippen LogP contribution is -2.15. The lowest BCUT2D eigenvalue weighted by Gasteiger charge is -2.11. The van der Waals surface area contributed by atoms with E-state index in [9.17, 15) is 18.0 Å². The lowest BCUT2D eigenvalue weighted by atomic mass is 10.2. The van der Waals surface area contributed by atoms with E-state index >= 15 is 0 Å². The molecular formula is C18H14F3N3O3S. The molecule has 0 aliphatic rings. The Morgan fingerprint density at radius 1 is 1.21 bits per heavy atom. The van der Waals surface area contributed by atoms with Crippen LogP contribution in [0.4, 0.5) is 18.9 Å². The first-order valence-electron chi connectivity index (χ1n) is 7.92. The molecule has 0 radical (unpaired) electrons. The summed E-state index contributed by atoms with van der Waals surface area (Å²) in [5, 5.41) is 2.45. The van der Waals surface area contributed by atoms with Gasteiger partial charge in [0.15, 0.2) is 10.9 Å². The predicted molar refractivity (Wildman–Crippen MR) is 97.1 cm³/mol. The molecule has 1 N–H and O–H groups in total. The van der Waals surface area contributed by atoms with Crippen LogP contribution in [0.5, 0.6) is 5.75 Å². The van der Waals surface area contributed by atoms with Crippen LogP contribution in [0.25, 0.3) is 11.5 Å². The molecule has 0 unspecified atom stereocenters. The molecule has 1 amide bonds. The number of hydrogen-bond acceptors (Lipinski definition) is 6. The molecule has 146 valence electrons. The number of ether oxygens (including phenoxy) is 1. The number of nitrogens with one attached hydrogen (secondary N) is 1. The van der Waals surface area contributed by atoms with Crippen molar-refractivity contribution in [1.82, 2.24) is 9.97 Å². The molecule has 28 heavy (non-hydrogen) atoms. The molecule has 2 heterocycles. The number of alkyl halides is 3. The van der Waals surface area contributed by atoms with Crippen LogP contribution in [0.15, 0.2) is 58.3 Å². The van der Waals surface area contributed by atoms with Gasteiger partial charge in [0, 0.05) is 0 Å². The molecule has 0 saturated carbocycles. The number of amides is 1. The number of thioether (sulfide) groups is 1. The highest BCUT2D eigenvalue weighted by atomic mass is 32.2. The summed E-state index contributed by atoms with van der Waals surface area (Å²) in [5.41, 5.74) is -0.668. The minimum absolute atomic E-state index is 0.0139. The summed E-state index contributed by atoms with van der Waals surface area (Å²) in [6.07, 6.45) is -3.32. The second-order valence-corrected chi connectivity index (χ2v) is 6.38. The monoisotopic (exact) mass is 409 g/mol. The molecule has 0 fully saturated rings. The largest absolute Gasteiger partial charge is 0.495 e. The standard InChI is InChI=1S/C18H14F3N3O3S/c1-26-13-6-3-2-5-11(13)22-16(25)10-28-17-23-12(14-7-4-8-27-14)9-15(24-17)18(19,20)21/h2-9H,10H2,1H3,(H,22,25). The Hall–Kier alpha value is -3.01. The highest BCUT2D eigenvalue weighted by Gasteiger charge is 2.34. The van der Waals surface area contributed by atoms with E-state index in [2.05, 4.69) is 15.3 Å². The van der Waals surface area contributed by atoms with E-state index < -0.39 is 17.8 Å². The number of halogens is 3. The lowest BCUT2D eigenvalue weighted by molar-refractivity contribution is -0.141. The second-order valence-electron chi connectivity index (χ2n) is 5.43. The van der Waals surface area contributed by atoms with Gasteiger partial charge in [0.25, 0.3) is 0 Å². The number of rotatable bonds is 6. The van der Waals surface area contributed by atoms with E-state index in [4.69, 9.17) is 9.15 Å². The van der Waals surface area contributed by atoms with E-state index in [1.807, 2.05) is 0 Å². The molecule has 2 aromatic heterocycles. The first-order valence-corrected chi connectivity index (χ1v) is 8.91. The van der Waals surface area contributed by atoms with Gasteiger partial charge in [-0.2, -0.15) is 13.2 Å². The van der Waals surface area contributed by atoms with E-state index in [1.165, 1.54) is 25.5 Å². The number of para-hydroxylation sites is 2. The Balaban J connectivity index is 1.76. The van der Waals surface area contributed by atoms with Crippen molar-refractivity contribution in [3.63, 3.8) is 0 Å². The SMILES string of the molecule is COc1ccccc1NC(=O)CSc1nc(-c2ccco2)cc(C(F)(F)F)n1. The maximum absolute atomic E-state index is 13.1.